The van der Waals surface area contributed by atoms with Gasteiger partial charge in [0.1, 0.15) is 0 Å². The summed E-state index contributed by atoms with van der Waals surface area (Å²) in [6.45, 7) is 5.68. The summed E-state index contributed by atoms with van der Waals surface area (Å²) in [5.74, 6) is 2.53. The molecule has 0 unspecified atom stereocenters. The highest BCUT2D eigenvalue weighted by Gasteiger charge is 2.09. The fourth-order valence-corrected chi connectivity index (χ4v) is 2.50. The van der Waals surface area contributed by atoms with Crippen LogP contribution in [0.25, 0.3) is 0 Å². The van der Waals surface area contributed by atoms with E-state index in [9.17, 15) is 0 Å². The molecule has 6 nitrogen and oxygen atoms in total. The summed E-state index contributed by atoms with van der Waals surface area (Å²) in [5.41, 5.74) is 1.20. The summed E-state index contributed by atoms with van der Waals surface area (Å²) in [6, 6.07) is 7.90. The van der Waals surface area contributed by atoms with Crippen LogP contribution in [0, 0.1) is 0 Å². The van der Waals surface area contributed by atoms with E-state index in [-0.39, 0.29) is 5.92 Å². The highest BCUT2D eigenvalue weighted by molar-refractivity contribution is 6.30. The lowest BCUT2D eigenvalue weighted by Crippen LogP contribution is -2.38. The molecule has 0 bridgehead atoms. The van der Waals surface area contributed by atoms with Crippen molar-refractivity contribution in [1.29, 1.82) is 0 Å². The van der Waals surface area contributed by atoms with Crippen LogP contribution < -0.4 is 10.6 Å². The van der Waals surface area contributed by atoms with E-state index < -0.39 is 0 Å². The van der Waals surface area contributed by atoms with Gasteiger partial charge in [0.25, 0.3) is 0 Å². The molecular formula is C18H26ClN5O. The Labute approximate surface area is 154 Å². The van der Waals surface area contributed by atoms with Crippen LogP contribution in [0.1, 0.15) is 43.5 Å². The SMILES string of the molecule is CN=C(NCCCc1nc(C(C)C)no1)NCCc1cccc(Cl)c1. The van der Waals surface area contributed by atoms with E-state index >= 15 is 0 Å². The van der Waals surface area contributed by atoms with Gasteiger partial charge >= 0.3 is 0 Å². The molecule has 136 valence electrons. The second kappa shape index (κ2) is 10.0. The van der Waals surface area contributed by atoms with Gasteiger partial charge in [0.2, 0.25) is 5.89 Å². The minimum Gasteiger partial charge on any atom is -0.356 e. The molecule has 0 saturated heterocycles. The summed E-state index contributed by atoms with van der Waals surface area (Å²) in [7, 11) is 1.77. The van der Waals surface area contributed by atoms with E-state index in [2.05, 4.69) is 45.7 Å². The molecule has 2 aromatic rings. The summed E-state index contributed by atoms with van der Waals surface area (Å²) in [5, 5.41) is 11.3. The quantitative estimate of drug-likeness (QED) is 0.428. The van der Waals surface area contributed by atoms with Crippen molar-refractivity contribution in [1.82, 2.24) is 20.8 Å². The molecule has 2 rings (SSSR count). The van der Waals surface area contributed by atoms with Gasteiger partial charge < -0.3 is 15.2 Å². The van der Waals surface area contributed by atoms with E-state index in [1.807, 2.05) is 18.2 Å². The van der Waals surface area contributed by atoms with Crippen LogP contribution in [0.2, 0.25) is 5.02 Å². The number of aromatic nitrogens is 2. The molecule has 0 spiro atoms. The molecule has 0 radical (unpaired) electrons. The number of rotatable bonds is 8. The first kappa shape index (κ1) is 19.2. The van der Waals surface area contributed by atoms with Crippen molar-refractivity contribution in [3.63, 3.8) is 0 Å². The number of aliphatic imine (C=N–C) groups is 1. The van der Waals surface area contributed by atoms with Gasteiger partial charge in [-0.3, -0.25) is 4.99 Å². The number of guanidine groups is 1. The number of nitrogens with zero attached hydrogens (tertiary/aromatic N) is 3. The van der Waals surface area contributed by atoms with Crippen molar-refractivity contribution in [2.45, 2.75) is 39.0 Å². The number of aryl methyl sites for hydroxylation is 1. The molecule has 1 heterocycles. The Morgan fingerprint density at radius 3 is 2.72 bits per heavy atom. The van der Waals surface area contributed by atoms with Crippen molar-refractivity contribution in [2.24, 2.45) is 4.99 Å². The summed E-state index contributed by atoms with van der Waals surface area (Å²) in [4.78, 5) is 8.60. The molecule has 1 aromatic heterocycles. The molecule has 0 atom stereocenters. The minimum absolute atomic E-state index is 0.290. The van der Waals surface area contributed by atoms with Crippen LogP contribution >= 0.6 is 11.6 Å². The molecule has 0 amide bonds. The van der Waals surface area contributed by atoms with Gasteiger partial charge in [0.15, 0.2) is 11.8 Å². The van der Waals surface area contributed by atoms with Gasteiger partial charge in [-0.05, 0) is 30.5 Å². The molecule has 7 heteroatoms. The van der Waals surface area contributed by atoms with Crippen LogP contribution in [-0.4, -0.2) is 36.2 Å². The maximum absolute atomic E-state index is 5.99. The predicted octanol–water partition coefficient (Wildman–Crippen LogP) is 3.19. The Kier molecular flexibility index (Phi) is 7.73. The smallest absolute Gasteiger partial charge is 0.226 e. The minimum atomic E-state index is 0.290. The van der Waals surface area contributed by atoms with Gasteiger partial charge in [0, 0.05) is 37.5 Å². The zero-order chi connectivity index (χ0) is 18.1. The largest absolute Gasteiger partial charge is 0.356 e. The zero-order valence-electron chi connectivity index (χ0n) is 15.1. The number of halogens is 1. The highest BCUT2D eigenvalue weighted by Crippen LogP contribution is 2.11. The Bertz CT molecular complexity index is 684. The summed E-state index contributed by atoms with van der Waals surface area (Å²) >= 11 is 5.99. The van der Waals surface area contributed by atoms with Crippen molar-refractivity contribution in [3.05, 3.63) is 46.6 Å². The van der Waals surface area contributed by atoms with Gasteiger partial charge in [-0.2, -0.15) is 4.98 Å². The number of hydrogen-bond donors (Lipinski definition) is 2. The molecule has 1 aromatic carbocycles. The molecular weight excluding hydrogens is 338 g/mol. The third-order valence-corrected chi connectivity index (χ3v) is 3.91. The first-order chi connectivity index (χ1) is 12.1. The van der Waals surface area contributed by atoms with Gasteiger partial charge in [-0.25, -0.2) is 0 Å². The molecule has 0 aliphatic heterocycles. The fraction of sp³-hybridized carbons (Fsp3) is 0.500. The van der Waals surface area contributed by atoms with E-state index in [1.165, 1.54) is 5.56 Å². The van der Waals surface area contributed by atoms with E-state index in [0.29, 0.717) is 5.89 Å². The lowest BCUT2D eigenvalue weighted by molar-refractivity contribution is 0.368. The van der Waals surface area contributed by atoms with Crippen molar-refractivity contribution < 1.29 is 4.52 Å². The molecule has 25 heavy (non-hydrogen) atoms. The van der Waals surface area contributed by atoms with Crippen LogP contribution in [0.15, 0.2) is 33.8 Å². The van der Waals surface area contributed by atoms with Crippen LogP contribution in [0.3, 0.4) is 0 Å². The molecule has 0 aliphatic rings. The van der Waals surface area contributed by atoms with Gasteiger partial charge in [-0.1, -0.05) is 42.7 Å². The fourth-order valence-electron chi connectivity index (χ4n) is 2.29. The zero-order valence-corrected chi connectivity index (χ0v) is 15.8. The number of benzene rings is 1. The molecule has 0 saturated carbocycles. The second-order valence-corrected chi connectivity index (χ2v) is 6.55. The van der Waals surface area contributed by atoms with Gasteiger partial charge in [0.05, 0.1) is 0 Å². The van der Waals surface area contributed by atoms with E-state index in [4.69, 9.17) is 16.1 Å². The van der Waals surface area contributed by atoms with E-state index in [0.717, 1.165) is 49.2 Å². The Balaban J connectivity index is 1.64. The Morgan fingerprint density at radius 2 is 2.04 bits per heavy atom. The Morgan fingerprint density at radius 1 is 1.24 bits per heavy atom. The average molecular weight is 364 g/mol. The Hall–Kier alpha value is -2.08. The lowest BCUT2D eigenvalue weighted by atomic mass is 10.1. The van der Waals surface area contributed by atoms with E-state index in [1.54, 1.807) is 7.05 Å². The summed E-state index contributed by atoms with van der Waals surface area (Å²) < 4.78 is 5.24. The van der Waals surface area contributed by atoms with Crippen LogP contribution in [-0.2, 0) is 12.8 Å². The first-order valence-corrected chi connectivity index (χ1v) is 8.97. The maximum atomic E-state index is 5.99. The predicted molar refractivity (Wildman–Crippen MR) is 101 cm³/mol. The maximum Gasteiger partial charge on any atom is 0.226 e. The van der Waals surface area contributed by atoms with Crippen LogP contribution in [0.5, 0.6) is 0 Å². The standard InChI is InChI=1S/C18H26ClN5O/c1-13(2)17-23-16(25-24-17)8-5-10-21-18(20-3)22-11-9-14-6-4-7-15(19)12-14/h4,6-7,12-13H,5,8-11H2,1-3H3,(H2,20,21,22). The number of nitrogens with one attached hydrogen (secondary N) is 2. The number of hydrogen-bond acceptors (Lipinski definition) is 4. The monoisotopic (exact) mass is 363 g/mol. The molecule has 2 N–H and O–H groups in total. The van der Waals surface area contributed by atoms with Gasteiger partial charge in [-0.15, -0.1) is 0 Å². The lowest BCUT2D eigenvalue weighted by Gasteiger charge is -2.11. The normalized spacial score (nSPS) is 11.8. The van der Waals surface area contributed by atoms with Crippen molar-refractivity contribution in [2.75, 3.05) is 20.1 Å². The third kappa shape index (κ3) is 6.74. The van der Waals surface area contributed by atoms with Crippen LogP contribution in [0.4, 0.5) is 0 Å². The first-order valence-electron chi connectivity index (χ1n) is 8.60. The highest BCUT2D eigenvalue weighted by atomic mass is 35.5. The molecule has 0 aliphatic carbocycles. The van der Waals surface area contributed by atoms with Crippen molar-refractivity contribution >= 4 is 17.6 Å². The third-order valence-electron chi connectivity index (χ3n) is 3.68. The molecule has 0 fully saturated rings. The second-order valence-electron chi connectivity index (χ2n) is 6.11. The average Bonchev–Trinajstić information content (AvgIpc) is 3.06. The van der Waals surface area contributed by atoms with Crippen molar-refractivity contribution in [3.8, 4) is 0 Å². The summed E-state index contributed by atoms with van der Waals surface area (Å²) in [6.07, 6.45) is 2.54. The topological polar surface area (TPSA) is 75.3 Å².